The first kappa shape index (κ1) is 27.5. The summed E-state index contributed by atoms with van der Waals surface area (Å²) in [7, 11) is 0. The molecule has 4 heteroatoms. The number of alkyl halides is 3. The van der Waals surface area contributed by atoms with Crippen molar-refractivity contribution in [2.45, 2.75) is 135 Å². The van der Waals surface area contributed by atoms with Crippen LogP contribution in [0.1, 0.15) is 140 Å². The Morgan fingerprint density at radius 2 is 1.24 bits per heavy atom. The number of halogens is 4. The lowest BCUT2D eigenvalue weighted by Gasteiger charge is -2.38. The molecule has 0 radical (unpaired) electrons. The van der Waals surface area contributed by atoms with Crippen molar-refractivity contribution in [3.8, 4) is 0 Å². The van der Waals surface area contributed by atoms with Gasteiger partial charge >= 0.3 is 6.18 Å². The molecule has 34 heavy (non-hydrogen) atoms. The lowest BCUT2D eigenvalue weighted by Crippen LogP contribution is -2.25. The van der Waals surface area contributed by atoms with E-state index in [1.807, 2.05) is 0 Å². The molecule has 0 N–H and O–H groups in total. The van der Waals surface area contributed by atoms with Crippen LogP contribution in [0.5, 0.6) is 0 Å². The van der Waals surface area contributed by atoms with Crippen LogP contribution in [0.4, 0.5) is 17.6 Å². The highest BCUT2D eigenvalue weighted by Gasteiger charge is 2.36. The van der Waals surface area contributed by atoms with Crippen molar-refractivity contribution in [2.75, 3.05) is 0 Å². The van der Waals surface area contributed by atoms with E-state index in [-0.39, 0.29) is 5.92 Å². The number of rotatable bonds is 12. The zero-order valence-electron chi connectivity index (χ0n) is 21.3. The zero-order chi connectivity index (χ0) is 24.4. The normalized spacial score (nSPS) is 26.0. The fourth-order valence-electron chi connectivity index (χ4n) is 6.63. The van der Waals surface area contributed by atoms with Gasteiger partial charge in [0.15, 0.2) is 0 Å². The Morgan fingerprint density at radius 3 is 1.79 bits per heavy atom. The summed E-state index contributed by atoms with van der Waals surface area (Å²) >= 11 is 0. The Morgan fingerprint density at radius 1 is 0.706 bits per heavy atom. The van der Waals surface area contributed by atoms with Crippen LogP contribution in [0.3, 0.4) is 0 Å². The van der Waals surface area contributed by atoms with Crippen LogP contribution in [-0.2, 0) is 6.18 Å². The summed E-state index contributed by atoms with van der Waals surface area (Å²) in [5.41, 5.74) is -0.450. The van der Waals surface area contributed by atoms with E-state index in [4.69, 9.17) is 0 Å². The molecule has 0 heterocycles. The maximum atomic E-state index is 13.6. The minimum atomic E-state index is -4.62. The van der Waals surface area contributed by atoms with Gasteiger partial charge in [0.2, 0.25) is 0 Å². The maximum absolute atomic E-state index is 13.6. The standard InChI is InChI=1S/C30H46F4/c1-2-3-4-5-6-7-8-9-10-11-23-12-14-24(15-13-23)25-16-18-26(19-17-25)27-20-21-29(31)28(22-27)30(32,33)34/h20-26H,2-19H2,1H3. The van der Waals surface area contributed by atoms with Gasteiger partial charge in [-0.1, -0.05) is 90.0 Å². The minimum absolute atomic E-state index is 0.140. The highest BCUT2D eigenvalue weighted by molar-refractivity contribution is 5.30. The van der Waals surface area contributed by atoms with E-state index in [0.717, 1.165) is 55.6 Å². The van der Waals surface area contributed by atoms with Crippen LogP contribution in [0, 0.1) is 23.6 Å². The van der Waals surface area contributed by atoms with E-state index < -0.39 is 17.6 Å². The van der Waals surface area contributed by atoms with Gasteiger partial charge in [-0.2, -0.15) is 13.2 Å². The molecular weight excluding hydrogens is 436 g/mol. The van der Waals surface area contributed by atoms with Crippen molar-refractivity contribution in [3.05, 3.63) is 35.1 Å². The summed E-state index contributed by atoms with van der Waals surface area (Å²) in [6.45, 7) is 2.27. The lowest BCUT2D eigenvalue weighted by atomic mass is 9.68. The Balaban J connectivity index is 1.30. The summed E-state index contributed by atoms with van der Waals surface area (Å²) in [4.78, 5) is 0. The predicted octanol–water partition coefficient (Wildman–Crippen LogP) is 10.8. The van der Waals surface area contributed by atoms with Crippen LogP contribution in [0.2, 0.25) is 0 Å². The molecule has 2 saturated carbocycles. The van der Waals surface area contributed by atoms with E-state index in [1.54, 1.807) is 6.07 Å². The van der Waals surface area contributed by atoms with Gasteiger partial charge in [0.25, 0.3) is 0 Å². The van der Waals surface area contributed by atoms with Gasteiger partial charge in [-0.05, 0) is 79.9 Å². The predicted molar refractivity (Wildman–Crippen MR) is 133 cm³/mol. The summed E-state index contributed by atoms with van der Waals surface area (Å²) in [6.07, 6.45) is 18.9. The largest absolute Gasteiger partial charge is 0.419 e. The van der Waals surface area contributed by atoms with Crippen molar-refractivity contribution in [2.24, 2.45) is 17.8 Å². The average molecular weight is 483 g/mol. The molecule has 2 fully saturated rings. The summed E-state index contributed by atoms with van der Waals surface area (Å²) in [5, 5.41) is 0. The van der Waals surface area contributed by atoms with E-state index >= 15 is 0 Å². The quantitative estimate of drug-likeness (QED) is 0.205. The first-order valence-electron chi connectivity index (χ1n) is 14.2. The smallest absolute Gasteiger partial charge is 0.206 e. The van der Waals surface area contributed by atoms with Gasteiger partial charge in [-0.25, -0.2) is 4.39 Å². The van der Waals surface area contributed by atoms with Crippen molar-refractivity contribution < 1.29 is 17.6 Å². The van der Waals surface area contributed by atoms with Gasteiger partial charge in [-0.15, -0.1) is 0 Å². The minimum Gasteiger partial charge on any atom is -0.206 e. The van der Waals surface area contributed by atoms with Crippen molar-refractivity contribution >= 4 is 0 Å². The number of hydrogen-bond donors (Lipinski definition) is 0. The highest BCUT2D eigenvalue weighted by atomic mass is 19.4. The fourth-order valence-corrected chi connectivity index (χ4v) is 6.63. The van der Waals surface area contributed by atoms with Crippen molar-refractivity contribution in [3.63, 3.8) is 0 Å². The molecule has 1 aromatic rings. The van der Waals surface area contributed by atoms with Gasteiger partial charge in [-0.3, -0.25) is 0 Å². The van der Waals surface area contributed by atoms with Crippen molar-refractivity contribution in [1.82, 2.24) is 0 Å². The van der Waals surface area contributed by atoms with Crippen LogP contribution in [-0.4, -0.2) is 0 Å². The molecule has 2 aliphatic carbocycles. The molecule has 0 spiro atoms. The second-order valence-electron chi connectivity index (χ2n) is 11.2. The van der Waals surface area contributed by atoms with Gasteiger partial charge in [0.05, 0.1) is 5.56 Å². The van der Waals surface area contributed by atoms with E-state index in [1.165, 1.54) is 89.9 Å². The molecular formula is C30H46F4. The van der Waals surface area contributed by atoms with Gasteiger partial charge in [0, 0.05) is 0 Å². The molecule has 1 aromatic carbocycles. The second-order valence-corrected chi connectivity index (χ2v) is 11.2. The van der Waals surface area contributed by atoms with E-state index in [0.29, 0.717) is 5.56 Å². The summed E-state index contributed by atoms with van der Waals surface area (Å²) in [6, 6.07) is 3.62. The first-order valence-corrected chi connectivity index (χ1v) is 14.2. The molecule has 0 unspecified atom stereocenters. The number of unbranched alkanes of at least 4 members (excludes halogenated alkanes) is 8. The molecule has 0 aromatic heterocycles. The van der Waals surface area contributed by atoms with E-state index in [2.05, 4.69) is 6.92 Å². The van der Waals surface area contributed by atoms with Gasteiger partial charge in [0.1, 0.15) is 5.82 Å². The molecule has 3 rings (SSSR count). The monoisotopic (exact) mass is 482 g/mol. The second kappa shape index (κ2) is 13.9. The molecule has 2 aliphatic rings. The third kappa shape index (κ3) is 8.55. The SMILES string of the molecule is CCCCCCCCCCCC1CCC(C2CCC(c3ccc(F)c(C(F)(F)F)c3)CC2)CC1. The van der Waals surface area contributed by atoms with Crippen LogP contribution in [0.25, 0.3) is 0 Å². The molecule has 0 saturated heterocycles. The third-order valence-electron chi connectivity index (χ3n) is 8.81. The first-order chi connectivity index (χ1) is 16.4. The zero-order valence-corrected chi connectivity index (χ0v) is 21.3. The van der Waals surface area contributed by atoms with Crippen LogP contribution in [0.15, 0.2) is 18.2 Å². The molecule has 0 nitrogen and oxygen atoms in total. The highest BCUT2D eigenvalue weighted by Crippen LogP contribution is 2.45. The van der Waals surface area contributed by atoms with Crippen LogP contribution < -0.4 is 0 Å². The number of benzene rings is 1. The van der Waals surface area contributed by atoms with Crippen LogP contribution >= 0.6 is 0 Å². The fraction of sp³-hybridized carbons (Fsp3) is 0.800. The Hall–Kier alpha value is -1.06. The Labute approximate surface area is 205 Å². The third-order valence-corrected chi connectivity index (χ3v) is 8.81. The average Bonchev–Trinajstić information content (AvgIpc) is 2.83. The summed E-state index contributed by atoms with van der Waals surface area (Å²) < 4.78 is 52.9. The number of hydrogen-bond acceptors (Lipinski definition) is 0. The molecule has 0 bridgehead atoms. The van der Waals surface area contributed by atoms with E-state index in [9.17, 15) is 17.6 Å². The van der Waals surface area contributed by atoms with Crippen molar-refractivity contribution in [1.29, 1.82) is 0 Å². The molecule has 0 aliphatic heterocycles. The Kier molecular flexibility index (Phi) is 11.2. The summed E-state index contributed by atoms with van der Waals surface area (Å²) in [5.74, 6) is 1.42. The lowest BCUT2D eigenvalue weighted by molar-refractivity contribution is -0.140. The van der Waals surface area contributed by atoms with Gasteiger partial charge < -0.3 is 0 Å². The Bertz CT molecular complexity index is 694. The molecule has 0 amide bonds. The maximum Gasteiger partial charge on any atom is 0.419 e. The molecule has 194 valence electrons. The topological polar surface area (TPSA) is 0 Å². The molecule has 0 atom stereocenters.